The molecule has 2 nitrogen and oxygen atoms in total. The zero-order valence-corrected chi connectivity index (χ0v) is 30.6. The van der Waals surface area contributed by atoms with Crippen LogP contribution in [0.1, 0.15) is 17.4 Å². The highest BCUT2D eigenvalue weighted by atomic mass is 32.1. The maximum Gasteiger partial charge on any atom is 0.0720 e. The van der Waals surface area contributed by atoms with E-state index < -0.39 is 0 Å². The van der Waals surface area contributed by atoms with Gasteiger partial charge in [0, 0.05) is 53.1 Å². The second kappa shape index (κ2) is 11.0. The number of para-hydroxylation sites is 3. The Kier molecular flexibility index (Phi) is 6.17. The molecule has 1 atom stereocenters. The number of allylic oxidation sites excluding steroid dienone is 1. The van der Waals surface area contributed by atoms with Crippen molar-refractivity contribution in [2.45, 2.75) is 13.3 Å². The van der Waals surface area contributed by atoms with E-state index in [2.05, 4.69) is 174 Å². The van der Waals surface area contributed by atoms with Crippen molar-refractivity contribution in [2.75, 3.05) is 0 Å². The Morgan fingerprint density at radius 1 is 0.528 bits per heavy atom. The number of hydrogen-bond acceptors (Lipinski definition) is 2. The van der Waals surface area contributed by atoms with Gasteiger partial charge in [-0.05, 0) is 71.3 Å². The molecule has 250 valence electrons. The zero-order valence-electron chi connectivity index (χ0n) is 29.0. The molecule has 11 aromatic rings. The van der Waals surface area contributed by atoms with Crippen LogP contribution < -0.4 is 0 Å². The van der Waals surface area contributed by atoms with E-state index in [0.29, 0.717) is 5.92 Å². The third kappa shape index (κ3) is 4.13. The molecule has 0 fully saturated rings. The number of nitrogens with zero attached hydrogens (tertiary/aromatic N) is 2. The highest BCUT2D eigenvalue weighted by Crippen LogP contribution is 2.46. The molecular formula is C49H32N2S2. The zero-order chi connectivity index (χ0) is 34.8. The van der Waals surface area contributed by atoms with Crippen LogP contribution in [0, 0.1) is 5.92 Å². The lowest BCUT2D eigenvalue weighted by Gasteiger charge is -2.16. The molecule has 0 bridgehead atoms. The molecule has 0 saturated heterocycles. The highest BCUT2D eigenvalue weighted by Gasteiger charge is 2.23. The fourth-order valence-corrected chi connectivity index (χ4v) is 11.7. The van der Waals surface area contributed by atoms with E-state index in [4.69, 9.17) is 0 Å². The summed E-state index contributed by atoms with van der Waals surface area (Å²) in [6, 6.07) is 54.2. The van der Waals surface area contributed by atoms with Gasteiger partial charge in [-0.1, -0.05) is 122 Å². The third-order valence-corrected chi connectivity index (χ3v) is 13.9. The summed E-state index contributed by atoms with van der Waals surface area (Å²) in [5, 5.41) is 9.22. The number of hydrogen-bond donors (Lipinski definition) is 0. The van der Waals surface area contributed by atoms with Crippen molar-refractivity contribution in [3.8, 4) is 22.5 Å². The summed E-state index contributed by atoms with van der Waals surface area (Å²) in [5.41, 5.74) is 11.3. The minimum atomic E-state index is 0.558. The van der Waals surface area contributed by atoms with Gasteiger partial charge in [0.15, 0.2) is 0 Å². The van der Waals surface area contributed by atoms with E-state index in [1.165, 1.54) is 107 Å². The Morgan fingerprint density at radius 2 is 1.17 bits per heavy atom. The first-order chi connectivity index (χ1) is 26.2. The van der Waals surface area contributed by atoms with Crippen LogP contribution in [-0.4, -0.2) is 9.13 Å². The van der Waals surface area contributed by atoms with E-state index in [1.807, 2.05) is 22.7 Å². The van der Waals surface area contributed by atoms with Gasteiger partial charge >= 0.3 is 0 Å². The second-order valence-electron chi connectivity index (χ2n) is 14.5. The average Bonchev–Trinajstić information content (AvgIpc) is 3.95. The summed E-state index contributed by atoms with van der Waals surface area (Å²) < 4.78 is 9.09. The molecular weight excluding hydrogens is 681 g/mol. The molecule has 4 heterocycles. The third-order valence-electron chi connectivity index (χ3n) is 11.5. The first-order valence-electron chi connectivity index (χ1n) is 18.4. The van der Waals surface area contributed by atoms with Gasteiger partial charge < -0.3 is 9.13 Å². The second-order valence-corrected chi connectivity index (χ2v) is 16.6. The van der Waals surface area contributed by atoms with E-state index in [9.17, 15) is 0 Å². The van der Waals surface area contributed by atoms with Crippen molar-refractivity contribution >= 4 is 103 Å². The van der Waals surface area contributed by atoms with Crippen LogP contribution in [0.4, 0.5) is 0 Å². The molecule has 4 aromatic heterocycles. The smallest absolute Gasteiger partial charge is 0.0720 e. The molecule has 12 rings (SSSR count). The molecule has 0 saturated carbocycles. The first-order valence-corrected chi connectivity index (χ1v) is 20.0. The molecule has 7 aromatic carbocycles. The number of rotatable bonds is 3. The highest BCUT2D eigenvalue weighted by molar-refractivity contribution is 7.26. The van der Waals surface area contributed by atoms with Gasteiger partial charge in [-0.3, -0.25) is 0 Å². The van der Waals surface area contributed by atoms with Crippen molar-refractivity contribution in [1.82, 2.24) is 9.13 Å². The Bertz CT molecular complexity index is 3340. The van der Waals surface area contributed by atoms with Gasteiger partial charge in [0.2, 0.25) is 0 Å². The molecule has 0 spiro atoms. The molecule has 53 heavy (non-hydrogen) atoms. The van der Waals surface area contributed by atoms with E-state index in [0.717, 1.165) is 6.42 Å². The molecule has 1 unspecified atom stereocenters. The number of benzene rings is 7. The number of thiophene rings is 2. The molecule has 0 N–H and O–H groups in total. The van der Waals surface area contributed by atoms with Crippen LogP contribution in [0.15, 0.2) is 152 Å². The maximum atomic E-state index is 2.53. The van der Waals surface area contributed by atoms with Gasteiger partial charge in [0.25, 0.3) is 0 Å². The summed E-state index contributed by atoms with van der Waals surface area (Å²) in [4.78, 5) is 1.41. The van der Waals surface area contributed by atoms with Gasteiger partial charge in [-0.15, -0.1) is 22.7 Å². The molecule has 1 aliphatic carbocycles. The molecule has 0 aliphatic heterocycles. The monoisotopic (exact) mass is 712 g/mol. The average molecular weight is 713 g/mol. The van der Waals surface area contributed by atoms with Crippen molar-refractivity contribution in [1.29, 1.82) is 0 Å². The number of aromatic nitrogens is 2. The van der Waals surface area contributed by atoms with Crippen molar-refractivity contribution in [3.63, 3.8) is 0 Å². The van der Waals surface area contributed by atoms with Crippen LogP contribution in [-0.2, 0) is 6.42 Å². The molecule has 0 amide bonds. The van der Waals surface area contributed by atoms with Crippen molar-refractivity contribution in [2.24, 2.45) is 5.92 Å². The Hall–Kier alpha value is -5.94. The Morgan fingerprint density at radius 3 is 2.00 bits per heavy atom. The first kappa shape index (κ1) is 29.6. The lowest BCUT2D eigenvalue weighted by Crippen LogP contribution is -2.00. The minimum absolute atomic E-state index is 0.558. The lowest BCUT2D eigenvalue weighted by molar-refractivity contribution is 0.724. The Balaban J connectivity index is 1.13. The largest absolute Gasteiger partial charge is 0.308 e. The van der Waals surface area contributed by atoms with Crippen LogP contribution in [0.25, 0.3) is 102 Å². The quantitative estimate of drug-likeness (QED) is 0.173. The molecule has 4 heteroatoms. The summed E-state index contributed by atoms with van der Waals surface area (Å²) in [7, 11) is 0. The Labute approximate surface area is 314 Å². The van der Waals surface area contributed by atoms with E-state index in [-0.39, 0.29) is 0 Å². The van der Waals surface area contributed by atoms with Gasteiger partial charge in [-0.25, -0.2) is 0 Å². The standard InChI is InChI=1S/C49H32N2S2/c1-29-21-26-45-40(27-29)39-25-23-36-33-14-3-7-18-42(33)50(46(36)49(39)53-45)31-12-10-11-30(28-31)32-13-2-6-17-41(32)51-43-19-8-4-15-34(43)37-22-24-38-35-16-5-9-20-44(35)52-48(38)47(37)51/h2-26,28-29H,27H2,1H3. The predicted molar refractivity (Wildman–Crippen MR) is 231 cm³/mol. The summed E-state index contributed by atoms with van der Waals surface area (Å²) in [5.74, 6) is 0.558. The van der Waals surface area contributed by atoms with Gasteiger partial charge in [0.05, 0.1) is 37.2 Å². The fraction of sp³-hybridized carbons (Fsp3) is 0.0612. The van der Waals surface area contributed by atoms with Crippen molar-refractivity contribution in [3.05, 3.63) is 162 Å². The normalized spacial score (nSPS) is 14.5. The van der Waals surface area contributed by atoms with Crippen molar-refractivity contribution < 1.29 is 0 Å². The SMILES string of the molecule is CC1C=Cc2sc3c(ccc4c5ccccc5n(-c5cccc(-c6ccccc6-n6c7ccccc7c7ccc8c9ccccc9sc8c76)c5)c43)c2C1. The minimum Gasteiger partial charge on any atom is -0.308 e. The van der Waals surface area contributed by atoms with Crippen LogP contribution in [0.3, 0.4) is 0 Å². The van der Waals surface area contributed by atoms with Gasteiger partial charge in [-0.2, -0.15) is 0 Å². The summed E-state index contributed by atoms with van der Waals surface area (Å²) >= 11 is 3.85. The molecule has 1 aliphatic rings. The summed E-state index contributed by atoms with van der Waals surface area (Å²) in [6.45, 7) is 2.33. The predicted octanol–water partition coefficient (Wildman–Crippen LogP) is 14.3. The number of fused-ring (bicyclic) bond motifs is 14. The van der Waals surface area contributed by atoms with Crippen LogP contribution in [0.5, 0.6) is 0 Å². The van der Waals surface area contributed by atoms with E-state index in [1.54, 1.807) is 0 Å². The summed E-state index contributed by atoms with van der Waals surface area (Å²) in [6.07, 6.45) is 5.82. The lowest BCUT2D eigenvalue weighted by atomic mass is 9.93. The molecule has 0 radical (unpaired) electrons. The maximum absolute atomic E-state index is 2.53. The fourth-order valence-electron chi connectivity index (χ4n) is 9.13. The topological polar surface area (TPSA) is 9.86 Å². The van der Waals surface area contributed by atoms with Crippen LogP contribution in [0.2, 0.25) is 0 Å². The van der Waals surface area contributed by atoms with Gasteiger partial charge in [0.1, 0.15) is 0 Å². The van der Waals surface area contributed by atoms with Crippen LogP contribution >= 0.6 is 22.7 Å². The van der Waals surface area contributed by atoms with E-state index >= 15 is 0 Å².